The van der Waals surface area contributed by atoms with Gasteiger partial charge in [-0.15, -0.1) is 0 Å². The number of pyridine rings is 1. The molecule has 162 valence electrons. The molecule has 0 radical (unpaired) electrons. The molecule has 2 aromatic heterocycles. The number of hydrogen-bond donors (Lipinski definition) is 1. The summed E-state index contributed by atoms with van der Waals surface area (Å²) in [5.41, 5.74) is 6.49. The summed E-state index contributed by atoms with van der Waals surface area (Å²) in [7, 11) is 0. The molecule has 0 bridgehead atoms. The molecule has 5 nitrogen and oxygen atoms in total. The van der Waals surface area contributed by atoms with Crippen molar-refractivity contribution in [2.24, 2.45) is 0 Å². The molecule has 1 amide bonds. The van der Waals surface area contributed by atoms with E-state index >= 15 is 0 Å². The van der Waals surface area contributed by atoms with Gasteiger partial charge in [0.2, 0.25) is 5.91 Å². The molecule has 1 aliphatic heterocycles. The number of imidazole rings is 1. The van der Waals surface area contributed by atoms with Crippen LogP contribution in [-0.4, -0.2) is 38.8 Å². The molecule has 4 aromatic rings. The maximum Gasteiger partial charge on any atom is 0.223 e. The number of benzene rings is 2. The summed E-state index contributed by atoms with van der Waals surface area (Å²) in [4.78, 5) is 27.8. The number of aromatic nitrogens is 3. The van der Waals surface area contributed by atoms with Gasteiger partial charge < -0.3 is 9.88 Å². The number of nitrogens with one attached hydrogen (secondary N) is 1. The molecular weight excluding hydrogens is 396 g/mol. The zero-order valence-electron chi connectivity index (χ0n) is 18.4. The topological polar surface area (TPSA) is 61.9 Å². The van der Waals surface area contributed by atoms with Gasteiger partial charge >= 0.3 is 0 Å². The van der Waals surface area contributed by atoms with Gasteiger partial charge in [-0.05, 0) is 55.2 Å². The highest BCUT2D eigenvalue weighted by molar-refractivity contribution is 5.77. The first-order chi connectivity index (χ1) is 15.7. The summed E-state index contributed by atoms with van der Waals surface area (Å²) in [6.45, 7) is 3.62. The van der Waals surface area contributed by atoms with Crippen molar-refractivity contribution in [2.75, 3.05) is 13.1 Å². The number of rotatable bonds is 5. The molecule has 2 aromatic carbocycles. The van der Waals surface area contributed by atoms with E-state index in [4.69, 9.17) is 4.98 Å². The summed E-state index contributed by atoms with van der Waals surface area (Å²) in [5, 5.41) is 0. The SMILES string of the molecule is Cc1cc(-c2ccccc2)cc([C@H]2CCCN(C(=O)CCc3nc4ccccc4[nH]3)C2)n1. The maximum absolute atomic E-state index is 13.0. The number of aromatic amines is 1. The van der Waals surface area contributed by atoms with E-state index in [9.17, 15) is 4.79 Å². The number of fused-ring (bicyclic) bond motifs is 1. The van der Waals surface area contributed by atoms with Crippen molar-refractivity contribution in [3.8, 4) is 11.1 Å². The summed E-state index contributed by atoms with van der Waals surface area (Å²) >= 11 is 0. The molecule has 1 fully saturated rings. The van der Waals surface area contributed by atoms with Crippen LogP contribution in [0.3, 0.4) is 0 Å². The minimum Gasteiger partial charge on any atom is -0.342 e. The highest BCUT2D eigenvalue weighted by Crippen LogP contribution is 2.30. The van der Waals surface area contributed by atoms with E-state index in [-0.39, 0.29) is 11.8 Å². The summed E-state index contributed by atoms with van der Waals surface area (Å²) in [5.74, 6) is 1.35. The van der Waals surface area contributed by atoms with E-state index in [2.05, 4.69) is 53.3 Å². The molecule has 0 unspecified atom stereocenters. The Morgan fingerprint density at radius 1 is 1.03 bits per heavy atom. The van der Waals surface area contributed by atoms with Crippen LogP contribution in [0.2, 0.25) is 0 Å². The van der Waals surface area contributed by atoms with Crippen molar-refractivity contribution >= 4 is 16.9 Å². The summed E-state index contributed by atoms with van der Waals surface area (Å²) in [6.07, 6.45) is 3.19. The van der Waals surface area contributed by atoms with Crippen LogP contribution in [0.5, 0.6) is 0 Å². The van der Waals surface area contributed by atoms with Crippen molar-refractivity contribution in [3.05, 3.63) is 83.9 Å². The Bertz CT molecular complexity index is 1200. The average Bonchev–Trinajstić information content (AvgIpc) is 3.26. The fourth-order valence-corrected chi connectivity index (χ4v) is 4.65. The molecule has 1 N–H and O–H groups in total. The third-order valence-corrected chi connectivity index (χ3v) is 6.29. The number of aryl methyl sites for hydroxylation is 2. The average molecular weight is 425 g/mol. The lowest BCUT2D eigenvalue weighted by Crippen LogP contribution is -2.39. The lowest BCUT2D eigenvalue weighted by atomic mass is 9.92. The number of amides is 1. The Morgan fingerprint density at radius 3 is 2.69 bits per heavy atom. The van der Waals surface area contributed by atoms with Crippen LogP contribution in [0.4, 0.5) is 0 Å². The third kappa shape index (κ3) is 4.42. The van der Waals surface area contributed by atoms with Crippen LogP contribution in [-0.2, 0) is 11.2 Å². The molecule has 0 spiro atoms. The lowest BCUT2D eigenvalue weighted by Gasteiger charge is -2.33. The molecule has 32 heavy (non-hydrogen) atoms. The van der Waals surface area contributed by atoms with Gasteiger partial charge in [-0.3, -0.25) is 9.78 Å². The van der Waals surface area contributed by atoms with Crippen molar-refractivity contribution in [3.63, 3.8) is 0 Å². The van der Waals surface area contributed by atoms with Crippen molar-refractivity contribution in [1.29, 1.82) is 0 Å². The van der Waals surface area contributed by atoms with Gasteiger partial charge in [-0.2, -0.15) is 0 Å². The number of nitrogens with zero attached hydrogens (tertiary/aromatic N) is 3. The minimum absolute atomic E-state index is 0.200. The second kappa shape index (κ2) is 8.95. The normalized spacial score (nSPS) is 16.4. The van der Waals surface area contributed by atoms with E-state index in [1.54, 1.807) is 0 Å². The van der Waals surface area contributed by atoms with E-state index < -0.39 is 0 Å². The molecule has 0 saturated carbocycles. The summed E-state index contributed by atoms with van der Waals surface area (Å²) in [6, 6.07) is 22.7. The van der Waals surface area contributed by atoms with Gasteiger partial charge in [0, 0.05) is 43.2 Å². The number of carbonyl (C=O) groups excluding carboxylic acids is 1. The lowest BCUT2D eigenvalue weighted by molar-refractivity contribution is -0.132. The Kier molecular flexibility index (Phi) is 5.71. The van der Waals surface area contributed by atoms with Crippen LogP contribution in [0, 0.1) is 6.92 Å². The number of piperidine rings is 1. The van der Waals surface area contributed by atoms with Crippen molar-refractivity contribution < 1.29 is 4.79 Å². The number of para-hydroxylation sites is 2. The standard InChI is InChI=1S/C27H28N4O/c1-19-16-22(20-8-3-2-4-9-20)17-25(28-19)21-10-7-15-31(18-21)27(32)14-13-26-29-23-11-5-6-12-24(23)30-26/h2-6,8-9,11-12,16-17,21H,7,10,13-15,18H2,1H3,(H,29,30)/t21-/m0/s1. The van der Waals surface area contributed by atoms with Gasteiger partial charge in [0.1, 0.15) is 5.82 Å². The Labute approximate surface area is 188 Å². The first-order valence-corrected chi connectivity index (χ1v) is 11.4. The molecule has 0 aliphatic carbocycles. The van der Waals surface area contributed by atoms with Crippen LogP contribution < -0.4 is 0 Å². The van der Waals surface area contributed by atoms with Gasteiger partial charge in [0.05, 0.1) is 11.0 Å². The Balaban J connectivity index is 1.27. The molecule has 3 heterocycles. The smallest absolute Gasteiger partial charge is 0.223 e. The molecule has 1 saturated heterocycles. The first kappa shape index (κ1) is 20.4. The number of hydrogen-bond acceptors (Lipinski definition) is 3. The number of carbonyl (C=O) groups is 1. The van der Waals surface area contributed by atoms with Gasteiger partial charge in [-0.25, -0.2) is 4.98 Å². The summed E-state index contributed by atoms with van der Waals surface area (Å²) < 4.78 is 0. The Hall–Kier alpha value is -3.47. The molecule has 5 heteroatoms. The van der Waals surface area contributed by atoms with Crippen molar-refractivity contribution in [1.82, 2.24) is 19.9 Å². The van der Waals surface area contributed by atoms with E-state index in [0.717, 1.165) is 54.2 Å². The van der Waals surface area contributed by atoms with Gasteiger partial charge in [0.25, 0.3) is 0 Å². The molecule has 1 aliphatic rings. The van der Waals surface area contributed by atoms with E-state index in [0.29, 0.717) is 12.8 Å². The predicted octanol–water partition coefficient (Wildman–Crippen LogP) is 5.27. The van der Waals surface area contributed by atoms with Gasteiger partial charge in [-0.1, -0.05) is 42.5 Å². The predicted molar refractivity (Wildman–Crippen MR) is 127 cm³/mol. The number of H-pyrrole nitrogens is 1. The monoisotopic (exact) mass is 424 g/mol. The van der Waals surface area contributed by atoms with Gasteiger partial charge in [0.15, 0.2) is 0 Å². The van der Waals surface area contributed by atoms with Crippen LogP contribution in [0.15, 0.2) is 66.7 Å². The fraction of sp³-hybridized carbons (Fsp3) is 0.296. The largest absolute Gasteiger partial charge is 0.342 e. The zero-order valence-corrected chi connectivity index (χ0v) is 18.4. The second-order valence-electron chi connectivity index (χ2n) is 8.67. The quantitative estimate of drug-likeness (QED) is 0.475. The fourth-order valence-electron chi connectivity index (χ4n) is 4.65. The highest BCUT2D eigenvalue weighted by Gasteiger charge is 2.26. The van der Waals surface area contributed by atoms with Crippen molar-refractivity contribution in [2.45, 2.75) is 38.5 Å². The molecule has 1 atom stereocenters. The minimum atomic E-state index is 0.200. The first-order valence-electron chi connectivity index (χ1n) is 11.4. The third-order valence-electron chi connectivity index (χ3n) is 6.29. The van der Waals surface area contributed by atoms with Crippen LogP contribution in [0.25, 0.3) is 22.2 Å². The molecular formula is C27H28N4O. The second-order valence-corrected chi connectivity index (χ2v) is 8.67. The van der Waals surface area contributed by atoms with E-state index in [1.807, 2.05) is 35.2 Å². The zero-order chi connectivity index (χ0) is 21.9. The molecule has 5 rings (SSSR count). The van der Waals surface area contributed by atoms with Crippen LogP contribution >= 0.6 is 0 Å². The van der Waals surface area contributed by atoms with E-state index in [1.165, 1.54) is 11.1 Å². The Morgan fingerprint density at radius 2 is 1.84 bits per heavy atom. The maximum atomic E-state index is 13.0. The number of likely N-dealkylation sites (tertiary alicyclic amines) is 1. The highest BCUT2D eigenvalue weighted by atomic mass is 16.2. The van der Waals surface area contributed by atoms with Crippen LogP contribution in [0.1, 0.15) is 42.4 Å².